The van der Waals surface area contributed by atoms with Crippen molar-refractivity contribution in [3.63, 3.8) is 0 Å². The van der Waals surface area contributed by atoms with Crippen molar-refractivity contribution in [2.75, 3.05) is 6.61 Å². The van der Waals surface area contributed by atoms with Crippen LogP contribution in [0.15, 0.2) is 24.3 Å². The zero-order chi connectivity index (χ0) is 45.9. The maximum absolute atomic E-state index is 13.2. The van der Waals surface area contributed by atoms with Crippen LogP contribution in [0.2, 0.25) is 0 Å². The lowest BCUT2D eigenvalue weighted by Gasteiger charge is -2.24. The van der Waals surface area contributed by atoms with Crippen molar-refractivity contribution in [1.29, 1.82) is 0 Å². The van der Waals surface area contributed by atoms with Gasteiger partial charge in [0, 0.05) is 6.42 Å². The number of hydrogen-bond donors (Lipinski definition) is 3. The highest BCUT2D eigenvalue weighted by Gasteiger charge is 2.24. The third-order valence-corrected chi connectivity index (χ3v) is 13.0. The normalized spacial score (nSPS) is 13.3. The van der Waals surface area contributed by atoms with Gasteiger partial charge < -0.3 is 20.3 Å². The van der Waals surface area contributed by atoms with E-state index in [1.165, 1.54) is 193 Å². The maximum atomic E-state index is 13.2. The molecule has 3 atom stereocenters. The number of allylic oxidation sites excluding steroid dienone is 4. The number of aliphatic hydroxyl groups excluding tert-OH is 2. The van der Waals surface area contributed by atoms with E-state index in [1.54, 1.807) is 0 Å². The molecule has 1 amide bonds. The standard InChI is InChI=1S/C57H109NO5/c1-4-7-10-13-16-19-22-25-28-30-33-36-39-42-45-48-53(63-57(62)50-47-44-41-38-35-32-29-26-23-20-17-14-11-8-5-2)51-56(61)58-54(52-59)55(60)49-46-43-40-37-34-31-27-24-21-18-15-12-9-6-3/h16,19,25,28,53-55,59-60H,4-15,17-18,20-24,26-27,29-52H2,1-3H3,(H,58,61)/b19-16-,28-25-. The van der Waals surface area contributed by atoms with Gasteiger partial charge in [0.2, 0.25) is 5.91 Å². The molecule has 0 bridgehead atoms. The van der Waals surface area contributed by atoms with Crippen molar-refractivity contribution in [3.8, 4) is 0 Å². The molecule has 0 rings (SSSR count). The van der Waals surface area contributed by atoms with Gasteiger partial charge in [-0.3, -0.25) is 9.59 Å². The summed E-state index contributed by atoms with van der Waals surface area (Å²) in [5, 5.41) is 23.8. The number of hydrogen-bond acceptors (Lipinski definition) is 5. The Morgan fingerprint density at radius 1 is 0.460 bits per heavy atom. The van der Waals surface area contributed by atoms with Gasteiger partial charge in [-0.05, 0) is 57.8 Å². The Kier molecular flexibility index (Phi) is 50.0. The van der Waals surface area contributed by atoms with Gasteiger partial charge in [0.1, 0.15) is 6.10 Å². The van der Waals surface area contributed by atoms with Crippen LogP contribution in [0.3, 0.4) is 0 Å². The summed E-state index contributed by atoms with van der Waals surface area (Å²) >= 11 is 0. The topological polar surface area (TPSA) is 95.9 Å². The monoisotopic (exact) mass is 888 g/mol. The predicted molar refractivity (Wildman–Crippen MR) is 273 cm³/mol. The van der Waals surface area contributed by atoms with Gasteiger partial charge in [-0.25, -0.2) is 0 Å². The van der Waals surface area contributed by atoms with Gasteiger partial charge in [0.15, 0.2) is 0 Å². The third-order valence-electron chi connectivity index (χ3n) is 13.0. The van der Waals surface area contributed by atoms with Crippen molar-refractivity contribution in [1.82, 2.24) is 5.32 Å². The lowest BCUT2D eigenvalue weighted by atomic mass is 10.0. The van der Waals surface area contributed by atoms with E-state index in [2.05, 4.69) is 50.4 Å². The molecule has 0 aliphatic heterocycles. The second-order valence-corrected chi connectivity index (χ2v) is 19.3. The second-order valence-electron chi connectivity index (χ2n) is 19.3. The van der Waals surface area contributed by atoms with Crippen LogP contribution in [0, 0.1) is 0 Å². The summed E-state index contributed by atoms with van der Waals surface area (Å²) in [6, 6.07) is -0.702. The minimum absolute atomic E-state index is 0.0739. The van der Waals surface area contributed by atoms with E-state index in [1.807, 2.05) is 0 Å². The molecule has 3 unspecified atom stereocenters. The molecule has 0 spiro atoms. The van der Waals surface area contributed by atoms with Gasteiger partial charge in [-0.15, -0.1) is 0 Å². The fraction of sp³-hybridized carbons (Fsp3) is 0.895. The molecule has 0 saturated heterocycles. The van der Waals surface area contributed by atoms with Crippen LogP contribution in [0.25, 0.3) is 0 Å². The van der Waals surface area contributed by atoms with E-state index in [-0.39, 0.29) is 24.9 Å². The number of aliphatic hydroxyl groups is 2. The summed E-state index contributed by atoms with van der Waals surface area (Å²) in [6.45, 7) is 6.49. The number of amides is 1. The van der Waals surface area contributed by atoms with Crippen molar-refractivity contribution >= 4 is 11.9 Å². The Hall–Kier alpha value is -1.66. The predicted octanol–water partition coefficient (Wildman–Crippen LogP) is 17.1. The molecule has 0 aliphatic rings. The van der Waals surface area contributed by atoms with Crippen LogP contribution < -0.4 is 5.32 Å². The molecule has 6 nitrogen and oxygen atoms in total. The average molecular weight is 889 g/mol. The first-order chi connectivity index (χ1) is 31.0. The van der Waals surface area contributed by atoms with Gasteiger partial charge in [-0.1, -0.05) is 257 Å². The van der Waals surface area contributed by atoms with Crippen molar-refractivity contribution in [3.05, 3.63) is 24.3 Å². The lowest BCUT2D eigenvalue weighted by Crippen LogP contribution is -2.46. The van der Waals surface area contributed by atoms with E-state index in [9.17, 15) is 19.8 Å². The van der Waals surface area contributed by atoms with E-state index >= 15 is 0 Å². The minimum atomic E-state index is -0.788. The molecule has 0 aromatic rings. The van der Waals surface area contributed by atoms with Gasteiger partial charge in [-0.2, -0.15) is 0 Å². The van der Waals surface area contributed by atoms with Gasteiger partial charge >= 0.3 is 5.97 Å². The first kappa shape index (κ1) is 61.3. The van der Waals surface area contributed by atoms with Crippen molar-refractivity contribution < 1.29 is 24.5 Å². The molecule has 63 heavy (non-hydrogen) atoms. The molecule has 0 fully saturated rings. The van der Waals surface area contributed by atoms with E-state index in [4.69, 9.17) is 4.74 Å². The number of unbranched alkanes of at least 4 members (excludes halogenated alkanes) is 35. The van der Waals surface area contributed by atoms with Crippen molar-refractivity contribution in [2.24, 2.45) is 0 Å². The zero-order valence-corrected chi connectivity index (χ0v) is 42.5. The number of esters is 1. The molecular formula is C57H109NO5. The minimum Gasteiger partial charge on any atom is -0.462 e. The first-order valence-corrected chi connectivity index (χ1v) is 28.1. The van der Waals surface area contributed by atoms with Gasteiger partial charge in [0.25, 0.3) is 0 Å². The fourth-order valence-corrected chi connectivity index (χ4v) is 8.76. The van der Waals surface area contributed by atoms with Crippen LogP contribution in [0.1, 0.15) is 303 Å². The highest BCUT2D eigenvalue weighted by atomic mass is 16.5. The largest absolute Gasteiger partial charge is 0.462 e. The fourth-order valence-electron chi connectivity index (χ4n) is 8.76. The maximum Gasteiger partial charge on any atom is 0.306 e. The van der Waals surface area contributed by atoms with E-state index < -0.39 is 18.2 Å². The summed E-state index contributed by atoms with van der Waals surface area (Å²) < 4.78 is 5.95. The van der Waals surface area contributed by atoms with Crippen LogP contribution in [-0.2, 0) is 14.3 Å². The van der Waals surface area contributed by atoms with Gasteiger partial charge in [0.05, 0.1) is 25.2 Å². The molecular weight excluding hydrogens is 779 g/mol. The average Bonchev–Trinajstić information content (AvgIpc) is 3.28. The molecule has 0 aromatic heterocycles. The van der Waals surface area contributed by atoms with Crippen LogP contribution in [0.5, 0.6) is 0 Å². The Labute approximate surface area is 392 Å². The molecule has 0 heterocycles. The van der Waals surface area contributed by atoms with Crippen LogP contribution in [0.4, 0.5) is 0 Å². The molecule has 0 saturated carbocycles. The van der Waals surface area contributed by atoms with E-state index in [0.717, 1.165) is 64.2 Å². The molecule has 0 aromatic carbocycles. The molecule has 0 aliphatic carbocycles. The lowest BCUT2D eigenvalue weighted by molar-refractivity contribution is -0.151. The summed E-state index contributed by atoms with van der Waals surface area (Å²) in [6.07, 6.45) is 59.5. The first-order valence-electron chi connectivity index (χ1n) is 28.1. The Morgan fingerprint density at radius 3 is 1.24 bits per heavy atom. The molecule has 0 radical (unpaired) electrons. The smallest absolute Gasteiger partial charge is 0.306 e. The molecule has 3 N–H and O–H groups in total. The quantitative estimate of drug-likeness (QED) is 0.0321. The number of carbonyl (C=O) groups excluding carboxylic acids is 2. The summed E-state index contributed by atoms with van der Waals surface area (Å²) in [5.74, 6) is -0.469. The Morgan fingerprint density at radius 2 is 0.810 bits per heavy atom. The van der Waals surface area contributed by atoms with Crippen LogP contribution in [-0.4, -0.2) is 46.9 Å². The summed E-state index contributed by atoms with van der Waals surface area (Å²) in [5.41, 5.74) is 0. The number of carbonyl (C=O) groups is 2. The Balaban J connectivity index is 4.55. The SMILES string of the molecule is CCCCC/C=C\C/C=C\CCCCCCCC(CC(=O)NC(CO)C(O)CCCCCCCCCCCCCCCC)OC(=O)CCCCCCCCCCCCCCCCC. The molecule has 372 valence electrons. The second kappa shape index (κ2) is 51.3. The number of ether oxygens (including phenoxy) is 1. The number of nitrogens with one attached hydrogen (secondary N) is 1. The molecule has 6 heteroatoms. The highest BCUT2D eigenvalue weighted by molar-refractivity contribution is 5.77. The summed E-state index contributed by atoms with van der Waals surface area (Å²) in [7, 11) is 0. The van der Waals surface area contributed by atoms with Crippen LogP contribution >= 0.6 is 0 Å². The van der Waals surface area contributed by atoms with E-state index in [0.29, 0.717) is 19.3 Å². The highest BCUT2D eigenvalue weighted by Crippen LogP contribution is 2.19. The number of rotatable bonds is 51. The third kappa shape index (κ3) is 46.7. The van der Waals surface area contributed by atoms with Crippen molar-refractivity contribution in [2.45, 2.75) is 322 Å². The zero-order valence-electron chi connectivity index (χ0n) is 42.5. The Bertz CT molecular complexity index is 997. The summed E-state index contributed by atoms with van der Waals surface area (Å²) in [4.78, 5) is 26.2.